The van der Waals surface area contributed by atoms with Gasteiger partial charge in [-0.05, 0) is 30.3 Å². The molecule has 30 heavy (non-hydrogen) atoms. The fourth-order valence-corrected chi connectivity index (χ4v) is 5.58. The summed E-state index contributed by atoms with van der Waals surface area (Å²) in [5.74, 6) is -0.670. The molecule has 4 rings (SSSR count). The van der Waals surface area contributed by atoms with E-state index < -0.39 is 9.84 Å². The zero-order valence-corrected chi connectivity index (χ0v) is 17.8. The van der Waals surface area contributed by atoms with Gasteiger partial charge in [-0.3, -0.25) is 4.79 Å². The topological polar surface area (TPSA) is 76.6 Å². The van der Waals surface area contributed by atoms with Gasteiger partial charge in [-0.15, -0.1) is 0 Å². The van der Waals surface area contributed by atoms with E-state index in [0.717, 1.165) is 4.70 Å². The number of carbonyl (C=O) groups excluding carboxylic acids is 1. The lowest BCUT2D eigenvalue weighted by molar-refractivity contribution is -0.132. The molecule has 3 aromatic rings. The number of likely N-dealkylation sites (tertiary alicyclic amines) is 1. The van der Waals surface area contributed by atoms with E-state index in [1.165, 1.54) is 23.5 Å². The Morgan fingerprint density at radius 3 is 2.63 bits per heavy atom. The van der Waals surface area contributed by atoms with E-state index in [2.05, 4.69) is 4.98 Å². The van der Waals surface area contributed by atoms with E-state index in [1.54, 1.807) is 41.3 Å². The number of rotatable bonds is 6. The minimum absolute atomic E-state index is 0.0355. The van der Waals surface area contributed by atoms with Crippen LogP contribution in [-0.2, 0) is 14.6 Å². The van der Waals surface area contributed by atoms with Gasteiger partial charge in [0.25, 0.3) is 5.19 Å². The Balaban J connectivity index is 1.28. The summed E-state index contributed by atoms with van der Waals surface area (Å²) < 4.78 is 44.7. The molecule has 2 heterocycles. The lowest BCUT2D eigenvalue weighted by atomic mass is 10.1. The predicted octanol–water partition coefficient (Wildman–Crippen LogP) is 3.67. The van der Waals surface area contributed by atoms with Gasteiger partial charge in [0.15, 0.2) is 9.84 Å². The monoisotopic (exact) mass is 448 g/mol. The number of carbonyl (C=O) groups is 1. The molecular weight excluding hydrogens is 427 g/mol. The highest BCUT2D eigenvalue weighted by atomic mass is 32.2. The van der Waals surface area contributed by atoms with Crippen LogP contribution in [-0.4, -0.2) is 49.2 Å². The van der Waals surface area contributed by atoms with E-state index in [0.29, 0.717) is 36.6 Å². The Bertz CT molecular complexity index is 1140. The van der Waals surface area contributed by atoms with Crippen molar-refractivity contribution in [2.45, 2.75) is 30.3 Å². The number of ether oxygens (including phenoxy) is 1. The molecule has 1 fully saturated rings. The van der Waals surface area contributed by atoms with Gasteiger partial charge in [0.1, 0.15) is 11.9 Å². The van der Waals surface area contributed by atoms with Crippen LogP contribution in [0.2, 0.25) is 0 Å². The third-order valence-electron chi connectivity index (χ3n) is 5.08. The molecule has 158 valence electrons. The van der Waals surface area contributed by atoms with Gasteiger partial charge in [0.2, 0.25) is 5.91 Å². The summed E-state index contributed by atoms with van der Waals surface area (Å²) >= 11 is 1.30. The van der Waals surface area contributed by atoms with Crippen LogP contribution in [0.15, 0.2) is 53.4 Å². The molecule has 1 aliphatic rings. The molecule has 0 N–H and O–H groups in total. The van der Waals surface area contributed by atoms with Crippen molar-refractivity contribution in [1.29, 1.82) is 0 Å². The summed E-state index contributed by atoms with van der Waals surface area (Å²) in [6.07, 6.45) is 1.17. The molecule has 1 aliphatic heterocycles. The first kappa shape index (κ1) is 20.7. The Hall–Kier alpha value is -2.52. The molecule has 2 aromatic carbocycles. The average molecular weight is 449 g/mol. The fraction of sp³-hybridized carbons (Fsp3) is 0.333. The highest BCUT2D eigenvalue weighted by Crippen LogP contribution is 2.30. The van der Waals surface area contributed by atoms with Gasteiger partial charge in [-0.1, -0.05) is 29.5 Å². The van der Waals surface area contributed by atoms with Crippen LogP contribution in [0.3, 0.4) is 0 Å². The van der Waals surface area contributed by atoms with E-state index in [1.807, 2.05) is 0 Å². The Kier molecular flexibility index (Phi) is 6.01. The second kappa shape index (κ2) is 8.69. The molecule has 0 aliphatic carbocycles. The molecular formula is C21H21FN2O4S2. The number of halogens is 1. The second-order valence-electron chi connectivity index (χ2n) is 7.17. The SMILES string of the molecule is O=C(CCS(=O)(=O)c1ccccc1)N1CCC(Oc2nc3ccc(F)cc3s2)CC1. The highest BCUT2D eigenvalue weighted by molar-refractivity contribution is 7.91. The largest absolute Gasteiger partial charge is 0.467 e. The molecule has 0 saturated carbocycles. The molecule has 0 atom stereocenters. The standard InChI is InChI=1S/C21H21FN2O4S2/c22-15-6-7-18-19(14-15)29-21(23-18)28-16-8-11-24(12-9-16)20(25)10-13-30(26,27)17-4-2-1-3-5-17/h1-7,14,16H,8-13H2. The smallest absolute Gasteiger partial charge is 0.274 e. The summed E-state index contributed by atoms with van der Waals surface area (Å²) in [4.78, 5) is 18.8. The number of fused-ring (bicyclic) bond motifs is 1. The zero-order valence-electron chi connectivity index (χ0n) is 16.2. The van der Waals surface area contributed by atoms with Crippen molar-refractivity contribution in [3.8, 4) is 5.19 Å². The molecule has 1 amide bonds. The first-order valence-corrected chi connectivity index (χ1v) is 12.2. The summed E-state index contributed by atoms with van der Waals surface area (Å²) in [5, 5.41) is 0.495. The number of thiazole rings is 1. The number of sulfone groups is 1. The van der Waals surface area contributed by atoms with Gasteiger partial charge in [-0.25, -0.2) is 17.8 Å². The van der Waals surface area contributed by atoms with Crippen LogP contribution in [0.4, 0.5) is 4.39 Å². The number of hydrogen-bond acceptors (Lipinski definition) is 6. The maximum absolute atomic E-state index is 13.3. The van der Waals surface area contributed by atoms with Gasteiger partial charge in [0, 0.05) is 32.4 Å². The third-order valence-corrected chi connectivity index (χ3v) is 7.72. The van der Waals surface area contributed by atoms with Crippen molar-refractivity contribution >= 4 is 37.3 Å². The van der Waals surface area contributed by atoms with Crippen molar-refractivity contribution < 1.29 is 22.3 Å². The van der Waals surface area contributed by atoms with E-state index in [-0.39, 0.29) is 34.9 Å². The lowest BCUT2D eigenvalue weighted by Gasteiger charge is -2.31. The minimum atomic E-state index is -3.47. The molecule has 1 aromatic heterocycles. The first-order chi connectivity index (χ1) is 14.4. The molecule has 0 spiro atoms. The number of benzene rings is 2. The van der Waals surface area contributed by atoms with Crippen LogP contribution in [0.1, 0.15) is 19.3 Å². The zero-order chi connectivity index (χ0) is 21.1. The van der Waals surface area contributed by atoms with E-state index >= 15 is 0 Å². The summed E-state index contributed by atoms with van der Waals surface area (Å²) in [6.45, 7) is 1.02. The summed E-state index contributed by atoms with van der Waals surface area (Å²) in [7, 11) is -3.47. The molecule has 6 nitrogen and oxygen atoms in total. The van der Waals surface area contributed by atoms with Crippen LogP contribution in [0.25, 0.3) is 10.2 Å². The van der Waals surface area contributed by atoms with Crippen LogP contribution < -0.4 is 4.74 Å². The molecule has 9 heteroatoms. The van der Waals surface area contributed by atoms with E-state index in [9.17, 15) is 17.6 Å². The maximum Gasteiger partial charge on any atom is 0.274 e. The number of aromatic nitrogens is 1. The van der Waals surface area contributed by atoms with Crippen molar-refractivity contribution in [2.75, 3.05) is 18.8 Å². The van der Waals surface area contributed by atoms with Gasteiger partial charge < -0.3 is 9.64 Å². The van der Waals surface area contributed by atoms with Gasteiger partial charge in [0.05, 0.1) is 20.9 Å². The van der Waals surface area contributed by atoms with Crippen LogP contribution >= 0.6 is 11.3 Å². The number of nitrogens with zero attached hydrogens (tertiary/aromatic N) is 2. The second-order valence-corrected chi connectivity index (χ2v) is 10.3. The van der Waals surface area contributed by atoms with E-state index in [4.69, 9.17) is 4.74 Å². The normalized spacial score (nSPS) is 15.4. The molecule has 1 saturated heterocycles. The Morgan fingerprint density at radius 2 is 1.90 bits per heavy atom. The quantitative estimate of drug-likeness (QED) is 0.575. The first-order valence-electron chi connectivity index (χ1n) is 9.69. The van der Waals surface area contributed by atoms with Crippen LogP contribution in [0, 0.1) is 5.82 Å². The lowest BCUT2D eigenvalue weighted by Crippen LogP contribution is -2.42. The minimum Gasteiger partial charge on any atom is -0.467 e. The Labute approximate surface area is 178 Å². The fourth-order valence-electron chi connectivity index (χ4n) is 3.42. The number of amides is 1. The number of piperidine rings is 1. The van der Waals surface area contributed by atoms with Crippen molar-refractivity contribution in [1.82, 2.24) is 9.88 Å². The third kappa shape index (κ3) is 4.79. The average Bonchev–Trinajstić information content (AvgIpc) is 3.14. The van der Waals surface area contributed by atoms with Crippen molar-refractivity contribution in [3.05, 3.63) is 54.3 Å². The predicted molar refractivity (Wildman–Crippen MR) is 113 cm³/mol. The van der Waals surface area contributed by atoms with Crippen molar-refractivity contribution in [3.63, 3.8) is 0 Å². The summed E-state index contributed by atoms with van der Waals surface area (Å²) in [5.41, 5.74) is 0.698. The number of hydrogen-bond donors (Lipinski definition) is 0. The summed E-state index contributed by atoms with van der Waals surface area (Å²) in [6, 6.07) is 12.6. The van der Waals surface area contributed by atoms with Gasteiger partial charge in [-0.2, -0.15) is 0 Å². The molecule has 0 radical (unpaired) electrons. The molecule has 0 bridgehead atoms. The van der Waals surface area contributed by atoms with Gasteiger partial charge >= 0.3 is 0 Å². The van der Waals surface area contributed by atoms with Crippen molar-refractivity contribution in [2.24, 2.45) is 0 Å². The van der Waals surface area contributed by atoms with Crippen LogP contribution in [0.5, 0.6) is 5.19 Å². The molecule has 0 unspecified atom stereocenters. The maximum atomic E-state index is 13.3. The Morgan fingerprint density at radius 1 is 1.17 bits per heavy atom. The highest BCUT2D eigenvalue weighted by Gasteiger charge is 2.26.